The Morgan fingerprint density at radius 2 is 1.58 bits per heavy atom. The first kappa shape index (κ1) is 24.2. The smallest absolute Gasteiger partial charge is 0.261 e. The molecule has 2 aliphatic heterocycles. The summed E-state index contributed by atoms with van der Waals surface area (Å²) in [5.41, 5.74) is 2.15. The zero-order valence-corrected chi connectivity index (χ0v) is 21.2. The first-order chi connectivity index (χ1) is 17.1. The van der Waals surface area contributed by atoms with E-state index in [2.05, 4.69) is 26.1 Å². The van der Waals surface area contributed by atoms with Crippen molar-refractivity contribution in [1.29, 1.82) is 0 Å². The first-order valence-corrected chi connectivity index (χ1v) is 12.7. The summed E-state index contributed by atoms with van der Waals surface area (Å²) in [4.78, 5) is 54.6. The van der Waals surface area contributed by atoms with Gasteiger partial charge in [0.15, 0.2) is 0 Å². The van der Waals surface area contributed by atoms with Gasteiger partial charge in [0.2, 0.25) is 5.91 Å². The predicted molar refractivity (Wildman–Crippen MR) is 137 cm³/mol. The molecule has 1 saturated heterocycles. The fourth-order valence-electron chi connectivity index (χ4n) is 6.68. The molecule has 7 nitrogen and oxygen atoms in total. The molecule has 5 rings (SSSR count). The van der Waals surface area contributed by atoms with Crippen molar-refractivity contribution < 1.29 is 19.2 Å². The van der Waals surface area contributed by atoms with Gasteiger partial charge in [-0.1, -0.05) is 45.0 Å². The maximum Gasteiger partial charge on any atom is 0.261 e. The molecule has 2 aromatic rings. The van der Waals surface area contributed by atoms with E-state index in [1.807, 2.05) is 11.0 Å². The van der Waals surface area contributed by atoms with Gasteiger partial charge in [-0.2, -0.15) is 0 Å². The van der Waals surface area contributed by atoms with Crippen LogP contribution in [0.4, 0.5) is 5.69 Å². The van der Waals surface area contributed by atoms with E-state index in [1.54, 1.807) is 42.5 Å². The summed E-state index contributed by atoms with van der Waals surface area (Å²) >= 11 is 0. The molecule has 4 amide bonds. The van der Waals surface area contributed by atoms with Gasteiger partial charge >= 0.3 is 0 Å². The SMILES string of the molecule is CC1(C)C[C@@H]2C[C@@](C)(CN2C(=O)c2ccccc2NC(=O)CCCN2C(=O)c3ccccc3C2=O)C1. The first-order valence-electron chi connectivity index (χ1n) is 12.7. The molecule has 1 saturated carbocycles. The number of likely N-dealkylation sites (tertiary alicyclic amines) is 1. The molecule has 0 spiro atoms. The van der Waals surface area contributed by atoms with Crippen LogP contribution in [0.25, 0.3) is 0 Å². The number of fused-ring (bicyclic) bond motifs is 3. The predicted octanol–water partition coefficient (Wildman–Crippen LogP) is 4.74. The molecule has 0 radical (unpaired) electrons. The summed E-state index contributed by atoms with van der Waals surface area (Å²) in [6.07, 6.45) is 3.59. The van der Waals surface area contributed by atoms with Crippen LogP contribution < -0.4 is 5.32 Å². The lowest BCUT2D eigenvalue weighted by atomic mass is 9.65. The Labute approximate surface area is 211 Å². The van der Waals surface area contributed by atoms with Crippen molar-refractivity contribution in [2.75, 3.05) is 18.4 Å². The fourth-order valence-corrected chi connectivity index (χ4v) is 6.68. The van der Waals surface area contributed by atoms with Crippen molar-refractivity contribution in [3.05, 3.63) is 65.2 Å². The quantitative estimate of drug-likeness (QED) is 0.596. The van der Waals surface area contributed by atoms with Crippen LogP contribution in [0.1, 0.15) is 83.9 Å². The van der Waals surface area contributed by atoms with Crippen LogP contribution in [0.5, 0.6) is 0 Å². The van der Waals surface area contributed by atoms with E-state index in [9.17, 15) is 19.2 Å². The van der Waals surface area contributed by atoms with Gasteiger partial charge in [0, 0.05) is 25.6 Å². The van der Waals surface area contributed by atoms with E-state index in [4.69, 9.17) is 0 Å². The molecule has 188 valence electrons. The number of nitrogens with zero attached hydrogens (tertiary/aromatic N) is 2. The molecule has 36 heavy (non-hydrogen) atoms. The topological polar surface area (TPSA) is 86.8 Å². The lowest BCUT2D eigenvalue weighted by Gasteiger charge is -2.39. The van der Waals surface area contributed by atoms with E-state index >= 15 is 0 Å². The van der Waals surface area contributed by atoms with Gasteiger partial charge in [-0.05, 0) is 60.8 Å². The van der Waals surface area contributed by atoms with Gasteiger partial charge in [0.1, 0.15) is 0 Å². The average Bonchev–Trinajstić information content (AvgIpc) is 3.22. The van der Waals surface area contributed by atoms with Crippen LogP contribution in [0.15, 0.2) is 48.5 Å². The number of rotatable bonds is 6. The summed E-state index contributed by atoms with van der Waals surface area (Å²) in [7, 11) is 0. The average molecular weight is 488 g/mol. The van der Waals surface area contributed by atoms with Crippen LogP contribution in [-0.2, 0) is 4.79 Å². The largest absolute Gasteiger partial charge is 0.335 e. The van der Waals surface area contributed by atoms with Crippen molar-refractivity contribution in [3.63, 3.8) is 0 Å². The lowest BCUT2D eigenvalue weighted by Crippen LogP contribution is -2.38. The summed E-state index contributed by atoms with van der Waals surface area (Å²) in [5.74, 6) is -0.928. The summed E-state index contributed by atoms with van der Waals surface area (Å²) in [6.45, 7) is 7.74. The second-order valence-electron chi connectivity index (χ2n) is 11.7. The van der Waals surface area contributed by atoms with E-state index in [1.165, 1.54) is 4.90 Å². The minimum Gasteiger partial charge on any atom is -0.335 e. The molecule has 2 bridgehead atoms. The van der Waals surface area contributed by atoms with Crippen LogP contribution in [0.3, 0.4) is 0 Å². The van der Waals surface area contributed by atoms with E-state index < -0.39 is 0 Å². The highest BCUT2D eigenvalue weighted by Gasteiger charge is 2.51. The van der Waals surface area contributed by atoms with Crippen molar-refractivity contribution in [2.45, 2.75) is 58.9 Å². The minimum absolute atomic E-state index is 0.0386. The third kappa shape index (κ3) is 4.43. The molecule has 0 aromatic heterocycles. The molecule has 2 aromatic carbocycles. The maximum absolute atomic E-state index is 13.6. The Bertz CT molecular complexity index is 1220. The number of carbonyl (C=O) groups excluding carboxylic acids is 4. The van der Waals surface area contributed by atoms with E-state index in [-0.39, 0.29) is 53.5 Å². The summed E-state index contributed by atoms with van der Waals surface area (Å²) in [6, 6.07) is 14.1. The number of anilines is 1. The van der Waals surface area contributed by atoms with Crippen LogP contribution in [-0.4, -0.2) is 52.6 Å². The zero-order chi connectivity index (χ0) is 25.7. The maximum atomic E-state index is 13.6. The van der Waals surface area contributed by atoms with Crippen LogP contribution in [0, 0.1) is 10.8 Å². The number of hydrogen-bond acceptors (Lipinski definition) is 4. The number of hydrogen-bond donors (Lipinski definition) is 1. The Hall–Kier alpha value is -3.48. The molecular formula is C29H33N3O4. The molecular weight excluding hydrogens is 454 g/mol. The molecule has 2 atom stereocenters. The van der Waals surface area contributed by atoms with Gasteiger partial charge in [-0.25, -0.2) is 0 Å². The Morgan fingerprint density at radius 1 is 0.944 bits per heavy atom. The highest BCUT2D eigenvalue weighted by Crippen LogP contribution is 2.52. The number of nitrogens with one attached hydrogen (secondary N) is 1. The summed E-state index contributed by atoms with van der Waals surface area (Å²) < 4.78 is 0. The molecule has 7 heteroatoms. The normalized spacial score (nSPS) is 24.1. The lowest BCUT2D eigenvalue weighted by molar-refractivity contribution is -0.116. The molecule has 1 aliphatic carbocycles. The molecule has 1 N–H and O–H groups in total. The molecule has 2 heterocycles. The number of carbonyl (C=O) groups is 4. The van der Waals surface area contributed by atoms with Gasteiger partial charge in [-0.15, -0.1) is 0 Å². The third-order valence-electron chi connectivity index (χ3n) is 7.77. The van der Waals surface area contributed by atoms with E-state index in [0.29, 0.717) is 28.8 Å². The molecule has 2 fully saturated rings. The Morgan fingerprint density at radius 3 is 2.28 bits per heavy atom. The van der Waals surface area contributed by atoms with Crippen LogP contribution in [0.2, 0.25) is 0 Å². The monoisotopic (exact) mass is 487 g/mol. The Balaban J connectivity index is 1.21. The highest BCUT2D eigenvalue weighted by molar-refractivity contribution is 6.21. The van der Waals surface area contributed by atoms with Gasteiger partial charge < -0.3 is 10.2 Å². The second-order valence-corrected chi connectivity index (χ2v) is 11.7. The molecule has 0 unspecified atom stereocenters. The van der Waals surface area contributed by atoms with Crippen LogP contribution >= 0.6 is 0 Å². The summed E-state index contributed by atoms with van der Waals surface area (Å²) in [5, 5.41) is 2.89. The van der Waals surface area contributed by atoms with Gasteiger partial charge in [0.25, 0.3) is 17.7 Å². The van der Waals surface area contributed by atoms with Gasteiger partial charge in [0.05, 0.1) is 22.4 Å². The second kappa shape index (κ2) is 8.87. The number of amides is 4. The van der Waals surface area contributed by atoms with Crippen molar-refractivity contribution in [2.24, 2.45) is 10.8 Å². The van der Waals surface area contributed by atoms with Gasteiger partial charge in [-0.3, -0.25) is 24.1 Å². The Kier molecular flexibility index (Phi) is 5.97. The highest BCUT2D eigenvalue weighted by atomic mass is 16.2. The molecule has 3 aliphatic rings. The van der Waals surface area contributed by atoms with Crippen molar-refractivity contribution >= 4 is 29.3 Å². The number of benzene rings is 2. The fraction of sp³-hybridized carbons (Fsp3) is 0.448. The van der Waals surface area contributed by atoms with Crippen molar-refractivity contribution in [3.8, 4) is 0 Å². The van der Waals surface area contributed by atoms with E-state index in [0.717, 1.165) is 25.8 Å². The van der Waals surface area contributed by atoms with Crippen molar-refractivity contribution in [1.82, 2.24) is 9.80 Å². The minimum atomic E-state index is -0.320. The standard InChI is InChI=1S/C29H33N3O4/c1-28(2)15-19-16-29(3,17-28)18-32(19)27(36)22-11-6-7-12-23(22)30-24(33)13-8-14-31-25(34)20-9-4-5-10-21(20)26(31)35/h4-7,9-12,19H,8,13-18H2,1-3H3,(H,30,33)/t19-,29-/m1/s1. The third-order valence-corrected chi connectivity index (χ3v) is 7.77. The number of imide groups is 1. The number of para-hydroxylation sites is 1. The zero-order valence-electron chi connectivity index (χ0n) is 21.2.